The van der Waals surface area contributed by atoms with Crippen molar-refractivity contribution in [2.75, 3.05) is 19.4 Å². The van der Waals surface area contributed by atoms with Crippen molar-refractivity contribution in [3.05, 3.63) is 0 Å². The minimum Gasteiger partial charge on any atom is -0.392 e. The second-order valence-electron chi connectivity index (χ2n) is 3.44. The minimum atomic E-state index is -3.08. The Bertz CT molecular complexity index is 183. The normalized spacial score (nSPS) is 14.7. The van der Waals surface area contributed by atoms with E-state index < -0.39 is 13.7 Å². The molecule has 86 valence electrons. The number of rotatable bonds is 7. The van der Waals surface area contributed by atoms with Gasteiger partial charge in [0.2, 0.25) is 0 Å². The van der Waals surface area contributed by atoms with E-state index in [1.165, 1.54) is 0 Å². The molecule has 1 N–H and O–H groups in total. The average Bonchev–Trinajstić information content (AvgIpc) is 2.04. The lowest BCUT2D eigenvalue weighted by Gasteiger charge is -2.21. The first-order valence-electron chi connectivity index (χ1n) is 5.01. The van der Waals surface area contributed by atoms with E-state index in [1.54, 1.807) is 13.8 Å². The summed E-state index contributed by atoms with van der Waals surface area (Å²) in [5, 5.41) is 9.58. The summed E-state index contributed by atoms with van der Waals surface area (Å²) in [4.78, 5) is 0. The molecular formula is C9H21O4P. The highest BCUT2D eigenvalue weighted by atomic mass is 31.2. The zero-order valence-electron chi connectivity index (χ0n) is 9.40. The number of hydrogen-bond donors (Lipinski definition) is 1. The van der Waals surface area contributed by atoms with E-state index in [2.05, 4.69) is 0 Å². The van der Waals surface area contributed by atoms with Crippen LogP contribution in [0.2, 0.25) is 0 Å². The largest absolute Gasteiger partial charge is 0.392 e. The van der Waals surface area contributed by atoms with Crippen molar-refractivity contribution in [3.8, 4) is 0 Å². The van der Waals surface area contributed by atoms with E-state index in [4.69, 9.17) is 9.05 Å². The topological polar surface area (TPSA) is 55.8 Å². The van der Waals surface area contributed by atoms with Crippen LogP contribution in [0, 0.1) is 5.92 Å². The monoisotopic (exact) mass is 224 g/mol. The molecular weight excluding hydrogens is 203 g/mol. The van der Waals surface area contributed by atoms with E-state index in [9.17, 15) is 9.67 Å². The summed E-state index contributed by atoms with van der Waals surface area (Å²) in [6, 6.07) is 0. The Morgan fingerprint density at radius 1 is 1.21 bits per heavy atom. The van der Waals surface area contributed by atoms with Crippen molar-refractivity contribution >= 4 is 7.60 Å². The van der Waals surface area contributed by atoms with Gasteiger partial charge in [-0.2, -0.15) is 0 Å². The highest BCUT2D eigenvalue weighted by molar-refractivity contribution is 7.53. The second kappa shape index (κ2) is 6.57. The van der Waals surface area contributed by atoms with Crippen LogP contribution in [0.15, 0.2) is 0 Å². The lowest BCUT2D eigenvalue weighted by atomic mass is 10.1. The van der Waals surface area contributed by atoms with Gasteiger partial charge in [-0.3, -0.25) is 4.57 Å². The van der Waals surface area contributed by atoms with E-state index in [0.717, 1.165) is 0 Å². The molecule has 0 rings (SSSR count). The molecule has 4 nitrogen and oxygen atoms in total. The van der Waals surface area contributed by atoms with Crippen LogP contribution in [0.1, 0.15) is 27.7 Å². The van der Waals surface area contributed by atoms with Crippen molar-refractivity contribution in [1.82, 2.24) is 0 Å². The van der Waals surface area contributed by atoms with E-state index in [-0.39, 0.29) is 12.1 Å². The molecule has 0 amide bonds. The van der Waals surface area contributed by atoms with E-state index in [1.807, 2.05) is 13.8 Å². The van der Waals surface area contributed by atoms with Crippen LogP contribution in [-0.2, 0) is 13.6 Å². The molecule has 0 aromatic carbocycles. The SMILES string of the molecule is CCOP(=O)(C[C@@H](O)C(C)C)OCC. The van der Waals surface area contributed by atoms with E-state index >= 15 is 0 Å². The maximum atomic E-state index is 11.9. The molecule has 5 heteroatoms. The highest BCUT2D eigenvalue weighted by Gasteiger charge is 2.28. The molecule has 0 unspecified atom stereocenters. The van der Waals surface area contributed by atoms with Crippen molar-refractivity contribution in [1.29, 1.82) is 0 Å². The predicted octanol–water partition coefficient (Wildman–Crippen LogP) is 2.27. The second-order valence-corrected chi connectivity index (χ2v) is 5.54. The summed E-state index contributed by atoms with van der Waals surface area (Å²) in [6.45, 7) is 7.92. The van der Waals surface area contributed by atoms with Crippen molar-refractivity contribution in [2.45, 2.75) is 33.8 Å². The molecule has 1 atom stereocenters. The van der Waals surface area contributed by atoms with Crippen LogP contribution in [0.4, 0.5) is 0 Å². The Morgan fingerprint density at radius 2 is 1.64 bits per heavy atom. The first-order chi connectivity index (χ1) is 6.45. The molecule has 0 spiro atoms. The first-order valence-corrected chi connectivity index (χ1v) is 6.74. The van der Waals surface area contributed by atoms with Gasteiger partial charge in [-0.15, -0.1) is 0 Å². The van der Waals surface area contributed by atoms with Gasteiger partial charge in [0.1, 0.15) is 0 Å². The van der Waals surface area contributed by atoms with Gasteiger partial charge in [0.05, 0.1) is 25.5 Å². The standard InChI is InChI=1S/C9H21O4P/c1-5-12-14(11,13-6-2)7-9(10)8(3)4/h8-10H,5-7H2,1-4H3/t9-/m1/s1. The summed E-state index contributed by atoms with van der Waals surface area (Å²) in [5.74, 6) is 0.0595. The fourth-order valence-corrected chi connectivity index (χ4v) is 2.93. The zero-order valence-corrected chi connectivity index (χ0v) is 10.3. The van der Waals surface area contributed by atoms with Crippen molar-refractivity contribution < 1.29 is 18.7 Å². The molecule has 0 saturated heterocycles. The average molecular weight is 224 g/mol. The molecule has 0 aliphatic heterocycles. The lowest BCUT2D eigenvalue weighted by Crippen LogP contribution is -2.21. The fourth-order valence-electron chi connectivity index (χ4n) is 0.976. The Morgan fingerprint density at radius 3 is 1.93 bits per heavy atom. The number of aliphatic hydroxyl groups is 1. The molecule has 0 radical (unpaired) electrons. The lowest BCUT2D eigenvalue weighted by molar-refractivity contribution is 0.131. The van der Waals surface area contributed by atoms with Gasteiger partial charge in [0.25, 0.3) is 0 Å². The smallest absolute Gasteiger partial charge is 0.333 e. The van der Waals surface area contributed by atoms with Crippen molar-refractivity contribution in [2.24, 2.45) is 5.92 Å². The van der Waals surface area contributed by atoms with Crippen LogP contribution in [0.5, 0.6) is 0 Å². The first kappa shape index (κ1) is 14.1. The molecule has 0 fully saturated rings. The molecule has 0 aliphatic carbocycles. The number of hydrogen-bond acceptors (Lipinski definition) is 4. The van der Waals surface area contributed by atoms with Crippen molar-refractivity contribution in [3.63, 3.8) is 0 Å². The highest BCUT2D eigenvalue weighted by Crippen LogP contribution is 2.49. The summed E-state index contributed by atoms with van der Waals surface area (Å²) >= 11 is 0. The predicted molar refractivity (Wildman–Crippen MR) is 56.6 cm³/mol. The van der Waals surface area contributed by atoms with Gasteiger partial charge in [0.15, 0.2) is 0 Å². The van der Waals surface area contributed by atoms with Gasteiger partial charge < -0.3 is 14.2 Å². The summed E-state index contributed by atoms with van der Waals surface area (Å²) in [5.41, 5.74) is 0. The maximum absolute atomic E-state index is 11.9. The molecule has 0 bridgehead atoms. The summed E-state index contributed by atoms with van der Waals surface area (Å²) in [6.07, 6.45) is -0.564. The molecule has 0 heterocycles. The maximum Gasteiger partial charge on any atom is 0.333 e. The molecule has 0 saturated carbocycles. The van der Waals surface area contributed by atoms with Crippen LogP contribution in [0.3, 0.4) is 0 Å². The third-order valence-electron chi connectivity index (χ3n) is 1.83. The Balaban J connectivity index is 4.28. The quantitative estimate of drug-likeness (QED) is 0.674. The number of aliphatic hydroxyl groups excluding tert-OH is 1. The van der Waals surface area contributed by atoms with E-state index in [0.29, 0.717) is 13.2 Å². The zero-order chi connectivity index (χ0) is 11.2. The molecule has 14 heavy (non-hydrogen) atoms. The molecule has 0 aliphatic rings. The van der Waals surface area contributed by atoms with Crippen LogP contribution >= 0.6 is 7.60 Å². The Kier molecular flexibility index (Phi) is 6.62. The van der Waals surface area contributed by atoms with Crippen LogP contribution in [-0.4, -0.2) is 30.6 Å². The third kappa shape index (κ3) is 5.11. The Labute approximate surface area is 86.1 Å². The van der Waals surface area contributed by atoms with Crippen LogP contribution < -0.4 is 0 Å². The Hall–Kier alpha value is 0.110. The summed E-state index contributed by atoms with van der Waals surface area (Å²) < 4.78 is 22.1. The summed E-state index contributed by atoms with van der Waals surface area (Å²) in [7, 11) is -3.08. The third-order valence-corrected chi connectivity index (χ3v) is 3.96. The van der Waals surface area contributed by atoms with Gasteiger partial charge in [-0.25, -0.2) is 0 Å². The molecule has 0 aromatic rings. The minimum absolute atomic E-state index is 0.0595. The van der Waals surface area contributed by atoms with Gasteiger partial charge in [-0.1, -0.05) is 13.8 Å². The fraction of sp³-hybridized carbons (Fsp3) is 1.00. The van der Waals surface area contributed by atoms with Gasteiger partial charge in [0, 0.05) is 0 Å². The molecule has 0 aromatic heterocycles. The van der Waals surface area contributed by atoms with Crippen LogP contribution in [0.25, 0.3) is 0 Å². The van der Waals surface area contributed by atoms with Gasteiger partial charge >= 0.3 is 7.60 Å². The van der Waals surface area contributed by atoms with Gasteiger partial charge in [-0.05, 0) is 19.8 Å².